The maximum Gasteiger partial charge on any atom is 0.271 e. The second-order valence-electron chi connectivity index (χ2n) is 2.46. The molecule has 0 fully saturated rings. The van der Waals surface area contributed by atoms with Crippen molar-refractivity contribution >= 4 is 28.2 Å². The highest BCUT2D eigenvalue weighted by atomic mass is 35.5. The Hall–Kier alpha value is -1.43. The second kappa shape index (κ2) is 3.75. The predicted molar refractivity (Wildman–Crippen MR) is 48.2 cm³/mol. The summed E-state index contributed by atoms with van der Waals surface area (Å²) in [6.45, 7) is 0. The Morgan fingerprint density at radius 2 is 2.07 bits per heavy atom. The molecule has 0 spiro atoms. The predicted octanol–water partition coefficient (Wildman–Crippen LogP) is 1.56. The van der Waals surface area contributed by atoms with Crippen LogP contribution in [0.1, 0.15) is 22.5 Å². The summed E-state index contributed by atoms with van der Waals surface area (Å²) in [5, 5.41) is -1.09. The zero-order chi connectivity index (χ0) is 10.9. The van der Waals surface area contributed by atoms with Crippen molar-refractivity contribution in [1.29, 1.82) is 0 Å². The Morgan fingerprint density at radius 1 is 1.50 bits per heavy atom. The maximum atomic E-state index is 12.4. The molecule has 0 radical (unpaired) electrons. The van der Waals surface area contributed by atoms with Crippen LogP contribution in [0.25, 0.3) is 0 Å². The standard InChI is InChI=1S/C7H6ClF2N3O/c8-6(14)5-3(7(9)10)4(12)2(11)1-13-5/h1,7H,11H2,(H2,12,13). The molecule has 1 heterocycles. The third-order valence-electron chi connectivity index (χ3n) is 1.59. The number of pyridine rings is 1. The van der Waals surface area contributed by atoms with E-state index in [4.69, 9.17) is 23.1 Å². The summed E-state index contributed by atoms with van der Waals surface area (Å²) in [5.41, 5.74) is 8.77. The number of hydrogen-bond acceptors (Lipinski definition) is 4. The number of aromatic nitrogens is 1. The summed E-state index contributed by atoms with van der Waals surface area (Å²) in [6, 6.07) is 0. The van der Waals surface area contributed by atoms with Crippen molar-refractivity contribution in [2.75, 3.05) is 11.5 Å². The van der Waals surface area contributed by atoms with Gasteiger partial charge in [-0.25, -0.2) is 13.8 Å². The Bertz CT molecular complexity index is 383. The summed E-state index contributed by atoms with van der Waals surface area (Å²) in [4.78, 5) is 14.1. The van der Waals surface area contributed by atoms with E-state index in [0.29, 0.717) is 0 Å². The van der Waals surface area contributed by atoms with Gasteiger partial charge in [0.05, 0.1) is 23.1 Å². The molecule has 0 saturated carbocycles. The molecule has 76 valence electrons. The molecular weight excluding hydrogens is 216 g/mol. The molecule has 0 unspecified atom stereocenters. The number of carbonyl (C=O) groups excluding carboxylic acids is 1. The van der Waals surface area contributed by atoms with Crippen LogP contribution in [0.5, 0.6) is 0 Å². The van der Waals surface area contributed by atoms with Gasteiger partial charge in [0.25, 0.3) is 11.7 Å². The van der Waals surface area contributed by atoms with Crippen molar-refractivity contribution in [3.05, 3.63) is 17.5 Å². The van der Waals surface area contributed by atoms with E-state index in [9.17, 15) is 13.6 Å². The monoisotopic (exact) mass is 221 g/mol. The average Bonchev–Trinajstić information content (AvgIpc) is 2.08. The molecular formula is C7H6ClF2N3O. The quantitative estimate of drug-likeness (QED) is 0.743. The van der Waals surface area contributed by atoms with Gasteiger partial charge < -0.3 is 11.5 Å². The van der Waals surface area contributed by atoms with Crippen LogP contribution < -0.4 is 11.5 Å². The van der Waals surface area contributed by atoms with Crippen molar-refractivity contribution in [1.82, 2.24) is 4.98 Å². The second-order valence-corrected chi connectivity index (χ2v) is 2.81. The van der Waals surface area contributed by atoms with E-state index >= 15 is 0 Å². The third-order valence-corrected chi connectivity index (χ3v) is 1.77. The van der Waals surface area contributed by atoms with Crippen LogP contribution in [0.3, 0.4) is 0 Å². The van der Waals surface area contributed by atoms with Crippen molar-refractivity contribution in [3.63, 3.8) is 0 Å². The molecule has 0 amide bonds. The van der Waals surface area contributed by atoms with Gasteiger partial charge in [-0.15, -0.1) is 0 Å². The molecule has 0 aliphatic heterocycles. The number of nitrogens with two attached hydrogens (primary N) is 2. The summed E-state index contributed by atoms with van der Waals surface area (Å²) in [7, 11) is 0. The topological polar surface area (TPSA) is 82.0 Å². The van der Waals surface area contributed by atoms with E-state index in [1.165, 1.54) is 0 Å². The molecule has 0 atom stereocenters. The minimum atomic E-state index is -2.94. The molecule has 4 N–H and O–H groups in total. The van der Waals surface area contributed by atoms with Gasteiger partial charge >= 0.3 is 0 Å². The Balaban J connectivity index is 3.45. The highest BCUT2D eigenvalue weighted by molar-refractivity contribution is 6.67. The number of nitrogens with zero attached hydrogens (tertiary/aromatic N) is 1. The van der Waals surface area contributed by atoms with E-state index in [0.717, 1.165) is 6.20 Å². The Labute approximate surface area is 82.9 Å². The first-order valence-corrected chi connectivity index (χ1v) is 3.84. The van der Waals surface area contributed by atoms with Crippen LogP contribution in [0, 0.1) is 0 Å². The van der Waals surface area contributed by atoms with Crippen LogP contribution in [0.2, 0.25) is 0 Å². The number of hydrogen-bond donors (Lipinski definition) is 2. The van der Waals surface area contributed by atoms with Gasteiger partial charge in [0, 0.05) is 0 Å². The molecule has 14 heavy (non-hydrogen) atoms. The number of carbonyl (C=O) groups is 1. The smallest absolute Gasteiger partial charge is 0.271 e. The van der Waals surface area contributed by atoms with Gasteiger partial charge in [0.1, 0.15) is 5.69 Å². The number of anilines is 2. The van der Waals surface area contributed by atoms with Crippen molar-refractivity contribution in [3.8, 4) is 0 Å². The number of rotatable bonds is 2. The van der Waals surface area contributed by atoms with Gasteiger partial charge in [-0.2, -0.15) is 0 Å². The molecule has 4 nitrogen and oxygen atoms in total. The average molecular weight is 222 g/mol. The maximum absolute atomic E-state index is 12.4. The van der Waals surface area contributed by atoms with Crippen molar-refractivity contribution in [2.24, 2.45) is 0 Å². The van der Waals surface area contributed by atoms with Gasteiger partial charge in [-0.3, -0.25) is 4.79 Å². The largest absolute Gasteiger partial charge is 0.397 e. The zero-order valence-electron chi connectivity index (χ0n) is 6.80. The van der Waals surface area contributed by atoms with Crippen LogP contribution in [0.15, 0.2) is 6.20 Å². The lowest BCUT2D eigenvalue weighted by Gasteiger charge is -2.09. The molecule has 0 aromatic carbocycles. The third kappa shape index (κ3) is 1.74. The fraction of sp³-hybridized carbons (Fsp3) is 0.143. The summed E-state index contributed by atoms with van der Waals surface area (Å²) >= 11 is 5.05. The van der Waals surface area contributed by atoms with Gasteiger partial charge in [-0.1, -0.05) is 0 Å². The summed E-state index contributed by atoms with van der Waals surface area (Å²) in [5.74, 6) is 0. The molecule has 0 aliphatic rings. The number of nitrogen functional groups attached to an aromatic ring is 2. The zero-order valence-corrected chi connectivity index (χ0v) is 7.55. The molecule has 0 saturated heterocycles. The highest BCUT2D eigenvalue weighted by Gasteiger charge is 2.23. The normalized spacial score (nSPS) is 10.6. The minimum Gasteiger partial charge on any atom is -0.397 e. The van der Waals surface area contributed by atoms with Crippen molar-refractivity contribution < 1.29 is 13.6 Å². The Kier molecular flexibility index (Phi) is 2.85. The SMILES string of the molecule is Nc1cnc(C(=O)Cl)c(C(F)F)c1N. The van der Waals surface area contributed by atoms with Crippen LogP contribution in [0.4, 0.5) is 20.2 Å². The fourth-order valence-electron chi connectivity index (χ4n) is 0.934. The molecule has 0 aliphatic carbocycles. The van der Waals surface area contributed by atoms with Gasteiger partial charge in [0.15, 0.2) is 0 Å². The first-order valence-electron chi connectivity index (χ1n) is 3.47. The number of halogens is 3. The lowest BCUT2D eigenvalue weighted by atomic mass is 10.1. The van der Waals surface area contributed by atoms with E-state index in [1.54, 1.807) is 0 Å². The van der Waals surface area contributed by atoms with Crippen molar-refractivity contribution in [2.45, 2.75) is 6.43 Å². The van der Waals surface area contributed by atoms with E-state index in [2.05, 4.69) is 4.98 Å². The number of alkyl halides is 2. The highest BCUT2D eigenvalue weighted by Crippen LogP contribution is 2.31. The molecule has 0 bridgehead atoms. The molecule has 1 aromatic heterocycles. The van der Waals surface area contributed by atoms with E-state index in [1.807, 2.05) is 0 Å². The summed E-state index contributed by atoms with van der Waals surface area (Å²) in [6.07, 6.45) is -1.93. The van der Waals surface area contributed by atoms with Gasteiger partial charge in [0.2, 0.25) is 0 Å². The molecule has 7 heteroatoms. The first-order chi connectivity index (χ1) is 6.45. The van der Waals surface area contributed by atoms with E-state index < -0.39 is 22.9 Å². The Morgan fingerprint density at radius 3 is 2.50 bits per heavy atom. The van der Waals surface area contributed by atoms with Crippen LogP contribution in [-0.2, 0) is 0 Å². The van der Waals surface area contributed by atoms with Gasteiger partial charge in [-0.05, 0) is 11.6 Å². The van der Waals surface area contributed by atoms with Crippen LogP contribution in [-0.4, -0.2) is 10.2 Å². The lowest BCUT2D eigenvalue weighted by molar-refractivity contribution is 0.106. The lowest BCUT2D eigenvalue weighted by Crippen LogP contribution is -2.08. The summed E-state index contributed by atoms with van der Waals surface area (Å²) < 4.78 is 24.9. The minimum absolute atomic E-state index is 0.109. The van der Waals surface area contributed by atoms with Crippen LogP contribution >= 0.6 is 11.6 Å². The molecule has 1 rings (SSSR count). The van der Waals surface area contributed by atoms with E-state index in [-0.39, 0.29) is 11.4 Å². The molecule has 1 aromatic rings. The first kappa shape index (κ1) is 10.6. The fourth-order valence-corrected chi connectivity index (χ4v) is 1.08.